The molecule has 0 atom stereocenters. The standard InChI is InChI=1S/C13H9BrN2O4/c14-7-1-2-9(11(17)5-7)12(18)16-10-6-15-4-3-8(10)13(19)20/h1-6,17H,(H,16,18)(H,19,20). The molecule has 0 fully saturated rings. The average Bonchev–Trinajstić information content (AvgIpc) is 2.38. The lowest BCUT2D eigenvalue weighted by Crippen LogP contribution is -2.15. The Morgan fingerprint density at radius 1 is 1.20 bits per heavy atom. The van der Waals surface area contributed by atoms with Gasteiger partial charge in [0, 0.05) is 10.7 Å². The predicted molar refractivity (Wildman–Crippen MR) is 75.0 cm³/mol. The van der Waals surface area contributed by atoms with E-state index in [2.05, 4.69) is 26.2 Å². The molecule has 0 aliphatic heterocycles. The van der Waals surface area contributed by atoms with Gasteiger partial charge in [0.15, 0.2) is 0 Å². The van der Waals surface area contributed by atoms with E-state index in [-0.39, 0.29) is 22.6 Å². The summed E-state index contributed by atoms with van der Waals surface area (Å²) in [6.07, 6.45) is 2.55. The summed E-state index contributed by atoms with van der Waals surface area (Å²) in [7, 11) is 0. The lowest BCUT2D eigenvalue weighted by molar-refractivity contribution is 0.0698. The number of hydrogen-bond acceptors (Lipinski definition) is 4. The van der Waals surface area contributed by atoms with Crippen LogP contribution in [0, 0.1) is 0 Å². The summed E-state index contributed by atoms with van der Waals surface area (Å²) >= 11 is 3.16. The molecule has 0 radical (unpaired) electrons. The normalized spacial score (nSPS) is 10.1. The lowest BCUT2D eigenvalue weighted by atomic mass is 10.1. The number of anilines is 1. The van der Waals surface area contributed by atoms with E-state index in [9.17, 15) is 14.7 Å². The van der Waals surface area contributed by atoms with Crippen molar-refractivity contribution in [3.63, 3.8) is 0 Å². The van der Waals surface area contributed by atoms with Crippen molar-refractivity contribution < 1.29 is 19.8 Å². The van der Waals surface area contributed by atoms with E-state index in [0.29, 0.717) is 4.47 Å². The highest BCUT2D eigenvalue weighted by molar-refractivity contribution is 9.10. The molecule has 1 heterocycles. The predicted octanol–water partition coefficient (Wildman–Crippen LogP) is 2.50. The zero-order valence-corrected chi connectivity index (χ0v) is 11.6. The Morgan fingerprint density at radius 2 is 1.95 bits per heavy atom. The molecule has 6 nitrogen and oxygen atoms in total. The van der Waals surface area contributed by atoms with Crippen LogP contribution in [0.15, 0.2) is 41.1 Å². The number of carbonyl (C=O) groups excluding carboxylic acids is 1. The van der Waals surface area contributed by atoms with Gasteiger partial charge in [-0.2, -0.15) is 0 Å². The summed E-state index contributed by atoms with van der Waals surface area (Å²) in [5.74, 6) is -2.01. The molecule has 0 bridgehead atoms. The first kappa shape index (κ1) is 14.0. The second-order valence-electron chi connectivity index (χ2n) is 3.84. The number of benzene rings is 1. The highest BCUT2D eigenvalue weighted by atomic mass is 79.9. The summed E-state index contributed by atoms with van der Waals surface area (Å²) in [5.41, 5.74) is 0.0191. The number of phenols is 1. The van der Waals surface area contributed by atoms with Crippen LogP contribution in [0.25, 0.3) is 0 Å². The van der Waals surface area contributed by atoms with Crippen LogP contribution in [0.3, 0.4) is 0 Å². The molecule has 0 aliphatic carbocycles. The molecule has 20 heavy (non-hydrogen) atoms. The highest BCUT2D eigenvalue weighted by Gasteiger charge is 2.16. The number of amides is 1. The third kappa shape index (κ3) is 2.94. The number of nitrogens with one attached hydrogen (secondary N) is 1. The average molecular weight is 337 g/mol. The fraction of sp³-hybridized carbons (Fsp3) is 0. The maximum atomic E-state index is 12.0. The monoisotopic (exact) mass is 336 g/mol. The van der Waals surface area contributed by atoms with Gasteiger partial charge in [0.2, 0.25) is 0 Å². The summed E-state index contributed by atoms with van der Waals surface area (Å²) in [6.45, 7) is 0. The van der Waals surface area contributed by atoms with Crippen molar-refractivity contribution in [1.82, 2.24) is 4.98 Å². The number of aromatic nitrogens is 1. The largest absolute Gasteiger partial charge is 0.507 e. The molecular weight excluding hydrogens is 328 g/mol. The van der Waals surface area contributed by atoms with E-state index in [1.54, 1.807) is 6.07 Å². The first-order chi connectivity index (χ1) is 9.49. The van der Waals surface area contributed by atoms with Crippen molar-refractivity contribution in [2.45, 2.75) is 0 Å². The second kappa shape index (κ2) is 5.70. The van der Waals surface area contributed by atoms with Gasteiger partial charge in [-0.1, -0.05) is 15.9 Å². The third-order valence-corrected chi connectivity index (χ3v) is 3.00. The molecule has 0 unspecified atom stereocenters. The lowest BCUT2D eigenvalue weighted by Gasteiger charge is -2.09. The van der Waals surface area contributed by atoms with Crippen molar-refractivity contribution in [2.75, 3.05) is 5.32 Å². The van der Waals surface area contributed by atoms with Gasteiger partial charge in [0.25, 0.3) is 5.91 Å². The fourth-order valence-electron chi connectivity index (χ4n) is 1.57. The SMILES string of the molecule is O=C(Nc1cnccc1C(=O)O)c1ccc(Br)cc1O. The minimum absolute atomic E-state index is 0.0355. The summed E-state index contributed by atoms with van der Waals surface area (Å²) in [4.78, 5) is 26.8. The van der Waals surface area contributed by atoms with E-state index in [1.165, 1.54) is 30.6 Å². The number of aromatic hydroxyl groups is 1. The van der Waals surface area contributed by atoms with Crippen LogP contribution >= 0.6 is 15.9 Å². The molecule has 0 spiro atoms. The Hall–Kier alpha value is -2.41. The smallest absolute Gasteiger partial charge is 0.337 e. The van der Waals surface area contributed by atoms with E-state index >= 15 is 0 Å². The summed E-state index contributed by atoms with van der Waals surface area (Å²) < 4.78 is 0.624. The Balaban J connectivity index is 2.30. The van der Waals surface area contributed by atoms with Crippen molar-refractivity contribution in [3.05, 3.63) is 52.3 Å². The van der Waals surface area contributed by atoms with Gasteiger partial charge >= 0.3 is 5.97 Å². The van der Waals surface area contributed by atoms with Crippen molar-refractivity contribution in [3.8, 4) is 5.75 Å². The molecule has 2 rings (SSSR count). The van der Waals surface area contributed by atoms with Crippen LogP contribution in [-0.4, -0.2) is 27.1 Å². The van der Waals surface area contributed by atoms with E-state index in [0.717, 1.165) is 0 Å². The molecule has 2 aromatic rings. The number of phenolic OH excluding ortho intramolecular Hbond substituents is 1. The van der Waals surface area contributed by atoms with Crippen LogP contribution in [0.4, 0.5) is 5.69 Å². The van der Waals surface area contributed by atoms with Gasteiger partial charge in [-0.15, -0.1) is 0 Å². The third-order valence-electron chi connectivity index (χ3n) is 2.50. The van der Waals surface area contributed by atoms with Crippen molar-refractivity contribution in [1.29, 1.82) is 0 Å². The van der Waals surface area contributed by atoms with Gasteiger partial charge < -0.3 is 15.5 Å². The topological polar surface area (TPSA) is 99.5 Å². The molecule has 1 amide bonds. The molecule has 1 aromatic heterocycles. The van der Waals surface area contributed by atoms with Crippen molar-refractivity contribution >= 4 is 33.5 Å². The quantitative estimate of drug-likeness (QED) is 0.799. The zero-order chi connectivity index (χ0) is 14.7. The van der Waals surface area contributed by atoms with Crippen LogP contribution < -0.4 is 5.32 Å². The first-order valence-corrected chi connectivity index (χ1v) is 6.25. The van der Waals surface area contributed by atoms with Gasteiger partial charge in [-0.3, -0.25) is 9.78 Å². The minimum Gasteiger partial charge on any atom is -0.507 e. The van der Waals surface area contributed by atoms with Gasteiger partial charge in [-0.25, -0.2) is 4.79 Å². The highest BCUT2D eigenvalue weighted by Crippen LogP contribution is 2.23. The zero-order valence-electron chi connectivity index (χ0n) is 10.0. The number of carbonyl (C=O) groups is 2. The number of pyridine rings is 1. The molecule has 3 N–H and O–H groups in total. The Labute approximate surface area is 122 Å². The maximum absolute atomic E-state index is 12.0. The molecule has 0 saturated carbocycles. The first-order valence-electron chi connectivity index (χ1n) is 5.46. The number of hydrogen-bond donors (Lipinski definition) is 3. The number of carboxylic acids is 1. The van der Waals surface area contributed by atoms with Crippen LogP contribution in [-0.2, 0) is 0 Å². The van der Waals surface area contributed by atoms with Gasteiger partial charge in [0.05, 0.1) is 23.0 Å². The van der Waals surface area contributed by atoms with E-state index in [1.807, 2.05) is 0 Å². The number of halogens is 1. The Bertz CT molecular complexity index is 688. The molecule has 0 aliphatic rings. The Kier molecular flexibility index (Phi) is 3.99. The maximum Gasteiger partial charge on any atom is 0.337 e. The molecule has 7 heteroatoms. The molecule has 102 valence electrons. The van der Waals surface area contributed by atoms with Gasteiger partial charge in [-0.05, 0) is 24.3 Å². The van der Waals surface area contributed by atoms with E-state index < -0.39 is 11.9 Å². The van der Waals surface area contributed by atoms with Crippen LogP contribution in [0.5, 0.6) is 5.75 Å². The summed E-state index contributed by atoms with van der Waals surface area (Å²) in [5, 5.41) is 21.1. The summed E-state index contributed by atoms with van der Waals surface area (Å²) in [6, 6.07) is 5.66. The fourth-order valence-corrected chi connectivity index (χ4v) is 1.92. The van der Waals surface area contributed by atoms with Crippen LogP contribution in [0.1, 0.15) is 20.7 Å². The second-order valence-corrected chi connectivity index (χ2v) is 4.76. The number of aromatic carboxylic acids is 1. The number of carboxylic acid groups (broad SMARTS) is 1. The van der Waals surface area contributed by atoms with Crippen molar-refractivity contribution in [2.24, 2.45) is 0 Å². The minimum atomic E-state index is -1.18. The van der Waals surface area contributed by atoms with Gasteiger partial charge in [0.1, 0.15) is 5.75 Å². The molecular formula is C13H9BrN2O4. The van der Waals surface area contributed by atoms with E-state index in [4.69, 9.17) is 5.11 Å². The number of rotatable bonds is 3. The number of nitrogens with zero attached hydrogens (tertiary/aromatic N) is 1. The Morgan fingerprint density at radius 3 is 2.60 bits per heavy atom. The molecule has 0 saturated heterocycles. The van der Waals surface area contributed by atoms with Crippen LogP contribution in [0.2, 0.25) is 0 Å². The molecule has 1 aromatic carbocycles.